The van der Waals surface area contributed by atoms with Crippen LogP contribution in [0.15, 0.2) is 69.2 Å². The molecule has 4 aromatic rings. The van der Waals surface area contributed by atoms with Crippen molar-refractivity contribution in [2.45, 2.75) is 13.0 Å². The van der Waals surface area contributed by atoms with Gasteiger partial charge in [-0.2, -0.15) is 0 Å². The topological polar surface area (TPSA) is 98.1 Å². The number of hydrogen-bond acceptors (Lipinski definition) is 7. The van der Waals surface area contributed by atoms with E-state index in [4.69, 9.17) is 9.15 Å². The molecule has 3 aromatic heterocycles. The van der Waals surface area contributed by atoms with Gasteiger partial charge in [-0.25, -0.2) is 4.79 Å². The Kier molecular flexibility index (Phi) is 4.86. The number of rotatable bonds is 5. The first kappa shape index (κ1) is 17.9. The van der Waals surface area contributed by atoms with Gasteiger partial charge < -0.3 is 14.1 Å². The maximum absolute atomic E-state index is 12.4. The number of H-pyrrole nitrogens is 1. The van der Waals surface area contributed by atoms with Gasteiger partial charge in [0, 0.05) is 5.69 Å². The van der Waals surface area contributed by atoms with Crippen molar-refractivity contribution in [2.24, 2.45) is 0 Å². The molecule has 0 spiro atoms. The number of benzene rings is 1. The van der Waals surface area contributed by atoms with Crippen molar-refractivity contribution in [2.75, 3.05) is 0 Å². The molecule has 0 unspecified atom stereocenters. The van der Waals surface area contributed by atoms with Crippen LogP contribution >= 0.6 is 11.3 Å². The molecule has 28 heavy (non-hydrogen) atoms. The molecule has 0 radical (unpaired) electrons. The Hall–Kier alpha value is -3.52. The third kappa shape index (κ3) is 3.63. The molecular formula is C20H15N3O4S. The highest BCUT2D eigenvalue weighted by atomic mass is 32.1. The highest BCUT2D eigenvalue weighted by Crippen LogP contribution is 2.26. The van der Waals surface area contributed by atoms with Crippen molar-refractivity contribution in [3.63, 3.8) is 0 Å². The van der Waals surface area contributed by atoms with E-state index in [-0.39, 0.29) is 11.5 Å². The van der Waals surface area contributed by atoms with E-state index in [1.165, 1.54) is 17.4 Å². The lowest BCUT2D eigenvalue weighted by Gasteiger charge is -2.09. The van der Waals surface area contributed by atoms with Gasteiger partial charge in [-0.05, 0) is 36.1 Å². The number of thiophene rings is 1. The lowest BCUT2D eigenvalue weighted by Crippen LogP contribution is -2.21. The van der Waals surface area contributed by atoms with Gasteiger partial charge in [0.05, 0.1) is 4.88 Å². The second kappa shape index (κ2) is 7.61. The molecule has 0 fully saturated rings. The number of carbonyl (C=O) groups excluding carboxylic acids is 1. The minimum absolute atomic E-state index is 0.0930. The molecule has 0 aliphatic heterocycles. The Morgan fingerprint density at radius 3 is 2.64 bits per heavy atom. The lowest BCUT2D eigenvalue weighted by molar-refractivity contribution is 0.0278. The van der Waals surface area contributed by atoms with Crippen LogP contribution in [0.1, 0.15) is 29.3 Å². The molecule has 0 saturated heterocycles. The second-order valence-corrected chi connectivity index (χ2v) is 6.90. The third-order valence-corrected chi connectivity index (χ3v) is 4.88. The van der Waals surface area contributed by atoms with E-state index in [1.807, 2.05) is 47.8 Å². The summed E-state index contributed by atoms with van der Waals surface area (Å²) in [6, 6.07) is 16.2. The van der Waals surface area contributed by atoms with E-state index >= 15 is 0 Å². The van der Waals surface area contributed by atoms with Crippen LogP contribution in [0.5, 0.6) is 0 Å². The number of pyridine rings is 1. The lowest BCUT2D eigenvalue weighted by atomic mass is 10.1. The maximum atomic E-state index is 12.4. The van der Waals surface area contributed by atoms with Crippen LogP contribution in [0, 0.1) is 0 Å². The van der Waals surface area contributed by atoms with E-state index < -0.39 is 17.6 Å². The number of nitrogens with one attached hydrogen (secondary N) is 1. The van der Waals surface area contributed by atoms with Gasteiger partial charge in [-0.1, -0.05) is 36.4 Å². The summed E-state index contributed by atoms with van der Waals surface area (Å²) in [6.45, 7) is 1.61. The van der Waals surface area contributed by atoms with E-state index in [0.717, 1.165) is 10.4 Å². The average Bonchev–Trinajstić information content (AvgIpc) is 3.40. The zero-order valence-electron chi connectivity index (χ0n) is 14.8. The predicted octanol–water partition coefficient (Wildman–Crippen LogP) is 4.07. The molecule has 140 valence electrons. The summed E-state index contributed by atoms with van der Waals surface area (Å²) < 4.78 is 10.9. The Balaban J connectivity index is 1.50. The molecule has 8 heteroatoms. The fraction of sp³-hybridized carbons (Fsp3) is 0.100. The summed E-state index contributed by atoms with van der Waals surface area (Å²) >= 11 is 1.46. The fourth-order valence-electron chi connectivity index (χ4n) is 2.59. The van der Waals surface area contributed by atoms with Gasteiger partial charge in [-0.15, -0.1) is 21.5 Å². The number of aromatic amines is 1. The highest BCUT2D eigenvalue weighted by Gasteiger charge is 2.22. The highest BCUT2D eigenvalue weighted by molar-refractivity contribution is 7.13. The second-order valence-electron chi connectivity index (χ2n) is 5.95. The summed E-state index contributed by atoms with van der Waals surface area (Å²) in [5.74, 6) is -0.240. The molecule has 0 saturated carbocycles. The summed E-state index contributed by atoms with van der Waals surface area (Å²) in [5, 5.41) is 9.78. The van der Waals surface area contributed by atoms with Gasteiger partial charge in [0.25, 0.3) is 17.3 Å². The Morgan fingerprint density at radius 1 is 1.11 bits per heavy atom. The van der Waals surface area contributed by atoms with E-state index in [0.29, 0.717) is 11.6 Å². The molecule has 1 atom stereocenters. The van der Waals surface area contributed by atoms with Crippen LogP contribution < -0.4 is 5.56 Å². The SMILES string of the molecule is C[C@@H](OC(=O)c1ccc(-c2ccccc2)[nH]c1=O)c1nnc(-c2cccs2)o1. The zero-order valence-corrected chi connectivity index (χ0v) is 15.6. The summed E-state index contributed by atoms with van der Waals surface area (Å²) in [4.78, 5) is 28.3. The molecule has 0 aliphatic rings. The van der Waals surface area contributed by atoms with Crippen molar-refractivity contribution in [1.29, 1.82) is 0 Å². The first-order valence-corrected chi connectivity index (χ1v) is 9.37. The van der Waals surface area contributed by atoms with Crippen molar-refractivity contribution in [3.05, 3.63) is 81.8 Å². The van der Waals surface area contributed by atoms with Gasteiger partial charge in [-0.3, -0.25) is 4.79 Å². The smallest absolute Gasteiger partial charge is 0.344 e. The Labute approximate surface area is 163 Å². The van der Waals surface area contributed by atoms with Gasteiger partial charge in [0.15, 0.2) is 6.10 Å². The van der Waals surface area contributed by atoms with Crippen molar-refractivity contribution in [3.8, 4) is 22.0 Å². The molecule has 1 N–H and O–H groups in total. The summed E-state index contributed by atoms with van der Waals surface area (Å²) in [6.07, 6.45) is -0.790. The largest absolute Gasteiger partial charge is 0.449 e. The van der Waals surface area contributed by atoms with Gasteiger partial charge in [0.2, 0.25) is 0 Å². The monoisotopic (exact) mass is 393 g/mol. The number of esters is 1. The molecule has 7 nitrogen and oxygen atoms in total. The van der Waals surface area contributed by atoms with Gasteiger partial charge >= 0.3 is 5.97 Å². The van der Waals surface area contributed by atoms with Crippen molar-refractivity contribution >= 4 is 17.3 Å². The summed E-state index contributed by atoms with van der Waals surface area (Å²) in [5.41, 5.74) is 0.848. The van der Waals surface area contributed by atoms with Crippen LogP contribution in [0.25, 0.3) is 22.0 Å². The number of nitrogens with zero attached hydrogens (tertiary/aromatic N) is 2. The molecular weight excluding hydrogens is 378 g/mol. The first-order valence-electron chi connectivity index (χ1n) is 8.49. The fourth-order valence-corrected chi connectivity index (χ4v) is 3.24. The molecule has 0 amide bonds. The van der Waals surface area contributed by atoms with E-state index in [2.05, 4.69) is 15.2 Å². The number of carbonyl (C=O) groups is 1. The summed E-state index contributed by atoms with van der Waals surface area (Å²) in [7, 11) is 0. The van der Waals surface area contributed by atoms with Crippen LogP contribution in [0.2, 0.25) is 0 Å². The van der Waals surface area contributed by atoms with Crippen molar-refractivity contribution < 1.29 is 13.9 Å². The zero-order chi connectivity index (χ0) is 19.5. The average molecular weight is 393 g/mol. The molecule has 4 rings (SSSR count). The minimum Gasteiger partial charge on any atom is -0.449 e. The van der Waals surface area contributed by atoms with Crippen molar-refractivity contribution in [1.82, 2.24) is 15.2 Å². The molecule has 0 bridgehead atoms. The predicted molar refractivity (Wildman–Crippen MR) is 104 cm³/mol. The van der Waals surface area contributed by atoms with Crippen LogP contribution in [-0.4, -0.2) is 21.2 Å². The van der Waals surface area contributed by atoms with E-state index in [1.54, 1.807) is 13.0 Å². The quantitative estimate of drug-likeness (QED) is 0.513. The Morgan fingerprint density at radius 2 is 1.93 bits per heavy atom. The normalized spacial score (nSPS) is 11.9. The molecule has 3 heterocycles. The maximum Gasteiger partial charge on any atom is 0.344 e. The Bertz CT molecular complexity index is 1150. The first-order chi connectivity index (χ1) is 13.6. The minimum atomic E-state index is -0.790. The van der Waals surface area contributed by atoms with Crippen LogP contribution in [0.4, 0.5) is 0 Å². The van der Waals surface area contributed by atoms with Crippen LogP contribution in [-0.2, 0) is 4.74 Å². The van der Waals surface area contributed by atoms with E-state index in [9.17, 15) is 9.59 Å². The molecule has 0 aliphatic carbocycles. The van der Waals surface area contributed by atoms with Gasteiger partial charge in [0.1, 0.15) is 5.56 Å². The number of ether oxygens (including phenoxy) is 1. The number of hydrogen-bond donors (Lipinski definition) is 1. The number of aromatic nitrogens is 3. The molecule has 1 aromatic carbocycles. The van der Waals surface area contributed by atoms with Crippen LogP contribution in [0.3, 0.4) is 0 Å². The third-order valence-electron chi connectivity index (χ3n) is 4.02. The standard InChI is InChI=1S/C20H15N3O4S/c1-12(18-22-23-19(27-18)16-8-5-11-28-16)26-20(25)14-9-10-15(21-17(14)24)13-6-3-2-4-7-13/h2-12H,1H3,(H,21,24)/t12-/m1/s1.